The number of aryl methyl sites for hydroxylation is 2. The summed E-state index contributed by atoms with van der Waals surface area (Å²) >= 11 is 1.37. The van der Waals surface area contributed by atoms with Crippen LogP contribution in [-0.2, 0) is 6.54 Å². The summed E-state index contributed by atoms with van der Waals surface area (Å²) in [6.07, 6.45) is 1.83. The van der Waals surface area contributed by atoms with Crippen molar-refractivity contribution in [1.82, 2.24) is 20.3 Å². The summed E-state index contributed by atoms with van der Waals surface area (Å²) in [6.45, 7) is 4.59. The molecule has 0 amide bonds. The Balaban J connectivity index is 2.25. The molecule has 2 aromatic heterocycles. The van der Waals surface area contributed by atoms with Crippen molar-refractivity contribution in [2.24, 2.45) is 0 Å². The topological polar surface area (TPSA) is 70.7 Å². The molecule has 0 bridgehead atoms. The van der Waals surface area contributed by atoms with Crippen LogP contribution in [0.3, 0.4) is 0 Å². The van der Waals surface area contributed by atoms with E-state index in [9.17, 15) is 4.79 Å². The van der Waals surface area contributed by atoms with Gasteiger partial charge in [0, 0.05) is 24.5 Å². The van der Waals surface area contributed by atoms with Crippen LogP contribution in [0.2, 0.25) is 0 Å². The molecule has 100 valence electrons. The van der Waals surface area contributed by atoms with Crippen LogP contribution >= 0.6 is 11.8 Å². The van der Waals surface area contributed by atoms with Crippen LogP contribution in [0.5, 0.6) is 0 Å². The number of nitrogens with one attached hydrogen (secondary N) is 2. The third kappa shape index (κ3) is 3.65. The van der Waals surface area contributed by atoms with Crippen molar-refractivity contribution >= 4 is 11.8 Å². The molecule has 5 nitrogen and oxygen atoms in total. The summed E-state index contributed by atoms with van der Waals surface area (Å²) in [7, 11) is 1.90. The van der Waals surface area contributed by atoms with E-state index in [0.29, 0.717) is 10.9 Å². The fourth-order valence-corrected chi connectivity index (χ4v) is 2.57. The first-order valence-electron chi connectivity index (χ1n) is 5.94. The van der Waals surface area contributed by atoms with E-state index >= 15 is 0 Å². The molecule has 6 heteroatoms. The highest BCUT2D eigenvalue weighted by molar-refractivity contribution is 7.99. The molecular formula is C13H16N4OS. The molecule has 2 aromatic rings. The number of nitrogens with zero attached hydrogens (tertiary/aromatic N) is 2. The van der Waals surface area contributed by atoms with Gasteiger partial charge < -0.3 is 10.3 Å². The minimum absolute atomic E-state index is 0.139. The van der Waals surface area contributed by atoms with Crippen molar-refractivity contribution < 1.29 is 0 Å². The molecule has 0 aliphatic heterocycles. The lowest BCUT2D eigenvalue weighted by atomic mass is 10.2. The Morgan fingerprint density at radius 1 is 1.37 bits per heavy atom. The van der Waals surface area contributed by atoms with Crippen molar-refractivity contribution in [3.8, 4) is 0 Å². The SMILES string of the molecule is CNCc1cnc(Sc2nc(C)cc(=O)[nH]2)c(C)c1. The molecule has 2 N–H and O–H groups in total. The van der Waals surface area contributed by atoms with Gasteiger partial charge in [0.1, 0.15) is 5.03 Å². The first-order chi connectivity index (χ1) is 9.08. The third-order valence-corrected chi connectivity index (χ3v) is 3.52. The fourth-order valence-electron chi connectivity index (χ4n) is 1.72. The van der Waals surface area contributed by atoms with E-state index in [-0.39, 0.29) is 5.56 Å². The van der Waals surface area contributed by atoms with Crippen LogP contribution in [0.1, 0.15) is 16.8 Å². The predicted molar refractivity (Wildman–Crippen MR) is 75.5 cm³/mol. The van der Waals surface area contributed by atoms with Crippen molar-refractivity contribution in [1.29, 1.82) is 0 Å². The lowest BCUT2D eigenvalue weighted by Crippen LogP contribution is -2.08. The standard InChI is InChI=1S/C13H16N4OS/c1-8-4-10(6-14-3)7-15-12(8)19-13-16-9(2)5-11(18)17-13/h4-5,7,14H,6H2,1-3H3,(H,16,17,18). The predicted octanol–water partition coefficient (Wildman–Crippen LogP) is 1.65. The summed E-state index contributed by atoms with van der Waals surface area (Å²) in [5.74, 6) is 0. The summed E-state index contributed by atoms with van der Waals surface area (Å²) < 4.78 is 0. The Morgan fingerprint density at radius 3 is 2.79 bits per heavy atom. The van der Waals surface area contributed by atoms with Crippen LogP contribution in [0.4, 0.5) is 0 Å². The normalized spacial score (nSPS) is 10.7. The number of hydrogen-bond donors (Lipinski definition) is 2. The number of aromatic amines is 1. The molecule has 0 saturated heterocycles. The second kappa shape index (κ2) is 5.99. The molecule has 19 heavy (non-hydrogen) atoms. The van der Waals surface area contributed by atoms with Crippen LogP contribution in [-0.4, -0.2) is 22.0 Å². The van der Waals surface area contributed by atoms with Crippen LogP contribution < -0.4 is 10.9 Å². The van der Waals surface area contributed by atoms with Crippen molar-refractivity contribution in [3.63, 3.8) is 0 Å². The van der Waals surface area contributed by atoms with Crippen LogP contribution in [0.15, 0.2) is 33.3 Å². The minimum atomic E-state index is -0.139. The lowest BCUT2D eigenvalue weighted by Gasteiger charge is -2.06. The van der Waals surface area contributed by atoms with Gasteiger partial charge in [0.25, 0.3) is 5.56 Å². The molecule has 0 saturated carbocycles. The zero-order valence-electron chi connectivity index (χ0n) is 11.2. The van der Waals surface area contributed by atoms with E-state index in [1.165, 1.54) is 17.8 Å². The van der Waals surface area contributed by atoms with Gasteiger partial charge in [-0.2, -0.15) is 0 Å². The van der Waals surface area contributed by atoms with Gasteiger partial charge in [-0.3, -0.25) is 4.79 Å². The van der Waals surface area contributed by atoms with Gasteiger partial charge in [0.15, 0.2) is 5.16 Å². The number of hydrogen-bond acceptors (Lipinski definition) is 5. The van der Waals surface area contributed by atoms with Gasteiger partial charge in [-0.25, -0.2) is 9.97 Å². The van der Waals surface area contributed by atoms with E-state index in [1.807, 2.05) is 20.2 Å². The first-order valence-corrected chi connectivity index (χ1v) is 6.76. The van der Waals surface area contributed by atoms with Gasteiger partial charge in [-0.1, -0.05) is 6.07 Å². The fraction of sp³-hybridized carbons (Fsp3) is 0.308. The molecule has 2 rings (SSSR count). The Labute approximate surface area is 115 Å². The summed E-state index contributed by atoms with van der Waals surface area (Å²) in [6, 6.07) is 3.56. The second-order valence-corrected chi connectivity index (χ2v) is 5.27. The summed E-state index contributed by atoms with van der Waals surface area (Å²) in [5, 5.41) is 4.52. The summed E-state index contributed by atoms with van der Waals surface area (Å²) in [4.78, 5) is 22.8. The van der Waals surface area contributed by atoms with Crippen LogP contribution in [0, 0.1) is 13.8 Å². The van der Waals surface area contributed by atoms with E-state index in [4.69, 9.17) is 0 Å². The Hall–Kier alpha value is -1.66. The zero-order valence-corrected chi connectivity index (χ0v) is 12.0. The monoisotopic (exact) mass is 276 g/mol. The highest BCUT2D eigenvalue weighted by atomic mass is 32.2. The summed E-state index contributed by atoms with van der Waals surface area (Å²) in [5.41, 5.74) is 2.77. The number of rotatable bonds is 4. The first kappa shape index (κ1) is 13.8. The van der Waals surface area contributed by atoms with E-state index < -0.39 is 0 Å². The minimum Gasteiger partial charge on any atom is -0.316 e. The van der Waals surface area contributed by atoms with E-state index in [0.717, 1.165) is 22.7 Å². The molecule has 0 spiro atoms. The molecule has 0 atom stereocenters. The van der Waals surface area contributed by atoms with Gasteiger partial charge in [-0.15, -0.1) is 0 Å². The largest absolute Gasteiger partial charge is 0.316 e. The maximum Gasteiger partial charge on any atom is 0.251 e. The smallest absolute Gasteiger partial charge is 0.251 e. The van der Waals surface area contributed by atoms with Crippen molar-refractivity contribution in [2.45, 2.75) is 30.6 Å². The molecular weight excluding hydrogens is 260 g/mol. The van der Waals surface area contributed by atoms with Crippen molar-refractivity contribution in [3.05, 3.63) is 45.5 Å². The van der Waals surface area contributed by atoms with Gasteiger partial charge >= 0.3 is 0 Å². The molecule has 0 aliphatic rings. The molecule has 0 aliphatic carbocycles. The van der Waals surface area contributed by atoms with E-state index in [2.05, 4.69) is 26.3 Å². The van der Waals surface area contributed by atoms with Crippen LogP contribution in [0.25, 0.3) is 0 Å². The molecule has 0 fully saturated rings. The Bertz CT molecular complexity index is 639. The Morgan fingerprint density at radius 2 is 2.16 bits per heavy atom. The third-order valence-electron chi connectivity index (χ3n) is 2.51. The highest BCUT2D eigenvalue weighted by Crippen LogP contribution is 2.25. The van der Waals surface area contributed by atoms with Gasteiger partial charge in [0.2, 0.25) is 0 Å². The molecule has 0 radical (unpaired) electrons. The number of pyridine rings is 1. The lowest BCUT2D eigenvalue weighted by molar-refractivity contribution is 0.806. The maximum absolute atomic E-state index is 11.4. The maximum atomic E-state index is 11.4. The molecule has 0 aromatic carbocycles. The average molecular weight is 276 g/mol. The Kier molecular flexibility index (Phi) is 4.34. The van der Waals surface area contributed by atoms with Crippen molar-refractivity contribution in [2.75, 3.05) is 7.05 Å². The van der Waals surface area contributed by atoms with Gasteiger partial charge in [-0.05, 0) is 43.8 Å². The number of H-pyrrole nitrogens is 1. The second-order valence-electron chi connectivity index (χ2n) is 4.29. The quantitative estimate of drug-likeness (QED) is 0.831. The van der Waals surface area contributed by atoms with E-state index in [1.54, 1.807) is 6.92 Å². The highest BCUT2D eigenvalue weighted by Gasteiger charge is 2.06. The van der Waals surface area contributed by atoms with Gasteiger partial charge in [0.05, 0.1) is 0 Å². The zero-order chi connectivity index (χ0) is 13.8. The number of aromatic nitrogens is 3. The average Bonchev–Trinajstić information content (AvgIpc) is 2.32. The molecule has 0 unspecified atom stereocenters. The molecule has 2 heterocycles.